The van der Waals surface area contributed by atoms with Gasteiger partial charge in [-0.25, -0.2) is 0 Å². The minimum absolute atomic E-state index is 0.264. The average molecular weight is 355 g/mol. The Bertz CT molecular complexity index is 302. The van der Waals surface area contributed by atoms with Crippen LogP contribution in [0.5, 0.6) is 0 Å². The van der Waals surface area contributed by atoms with Crippen molar-refractivity contribution in [2.75, 3.05) is 0 Å². The lowest BCUT2D eigenvalue weighted by atomic mass is 10.0. The van der Waals surface area contributed by atoms with Crippen molar-refractivity contribution < 1.29 is 10.2 Å². The summed E-state index contributed by atoms with van der Waals surface area (Å²) in [4.78, 5) is 0. The van der Waals surface area contributed by atoms with Gasteiger partial charge in [-0.1, -0.05) is 103 Å². The summed E-state index contributed by atoms with van der Waals surface area (Å²) in [5, 5.41) is 19.7. The fourth-order valence-electron chi connectivity index (χ4n) is 4.19. The Morgan fingerprint density at radius 3 is 1.56 bits per heavy atom. The van der Waals surface area contributed by atoms with Crippen molar-refractivity contribution in [3.8, 4) is 0 Å². The van der Waals surface area contributed by atoms with Gasteiger partial charge >= 0.3 is 0 Å². The van der Waals surface area contributed by atoms with Gasteiger partial charge in [0.1, 0.15) is 0 Å². The maximum Gasteiger partial charge on any atom is 0.0681 e. The topological polar surface area (TPSA) is 40.5 Å². The zero-order chi connectivity index (χ0) is 18.4. The molecule has 0 aliphatic heterocycles. The second kappa shape index (κ2) is 14.0. The van der Waals surface area contributed by atoms with Gasteiger partial charge in [0.15, 0.2) is 0 Å². The first kappa shape index (κ1) is 23.0. The molecule has 1 aliphatic carbocycles. The van der Waals surface area contributed by atoms with Crippen molar-refractivity contribution in [1.82, 2.24) is 0 Å². The molecule has 25 heavy (non-hydrogen) atoms. The molecule has 1 fully saturated rings. The molecule has 1 saturated carbocycles. The van der Waals surface area contributed by atoms with E-state index in [4.69, 9.17) is 0 Å². The van der Waals surface area contributed by atoms with Gasteiger partial charge in [-0.2, -0.15) is 0 Å². The molecule has 2 nitrogen and oxygen atoms in total. The summed E-state index contributed by atoms with van der Waals surface area (Å²) in [5.74, 6) is 0.360. The minimum Gasteiger partial charge on any atom is -0.393 e. The molecule has 0 radical (unpaired) electrons. The zero-order valence-corrected chi connectivity index (χ0v) is 17.3. The molecule has 150 valence electrons. The molecule has 0 amide bonds. The van der Waals surface area contributed by atoms with Crippen LogP contribution in [0.3, 0.4) is 0 Å². The molecule has 0 aromatic carbocycles. The summed E-state index contributed by atoms with van der Waals surface area (Å²) in [6.45, 7) is 4.11. The highest BCUT2D eigenvalue weighted by Gasteiger charge is 2.51. The summed E-state index contributed by atoms with van der Waals surface area (Å²) in [6.07, 6.45) is 23.2. The molecule has 0 bridgehead atoms. The molecular formula is C23H46O2. The van der Waals surface area contributed by atoms with E-state index in [1.165, 1.54) is 89.9 Å². The predicted octanol–water partition coefficient (Wildman–Crippen LogP) is 6.77. The number of hydrogen-bond acceptors (Lipinski definition) is 2. The van der Waals surface area contributed by atoms with Crippen molar-refractivity contribution in [3.05, 3.63) is 0 Å². The number of aliphatic hydroxyl groups is 2. The van der Waals surface area contributed by atoms with Crippen LogP contribution in [0.2, 0.25) is 0 Å². The number of unbranched alkanes of at least 4 members (excludes halogenated alkanes) is 14. The van der Waals surface area contributed by atoms with Gasteiger partial charge < -0.3 is 10.2 Å². The maximum absolute atomic E-state index is 10.3. The lowest BCUT2D eigenvalue weighted by Crippen LogP contribution is -2.13. The average Bonchev–Trinajstić information content (AvgIpc) is 3.19. The second-order valence-electron chi connectivity index (χ2n) is 8.79. The molecule has 3 unspecified atom stereocenters. The van der Waals surface area contributed by atoms with Crippen LogP contribution in [0.25, 0.3) is 0 Å². The zero-order valence-electron chi connectivity index (χ0n) is 17.3. The normalized spacial score (nSPS) is 23.8. The Morgan fingerprint density at radius 1 is 0.760 bits per heavy atom. The van der Waals surface area contributed by atoms with Crippen LogP contribution in [-0.4, -0.2) is 21.9 Å². The van der Waals surface area contributed by atoms with E-state index in [-0.39, 0.29) is 6.10 Å². The summed E-state index contributed by atoms with van der Waals surface area (Å²) in [6, 6.07) is 0. The van der Waals surface area contributed by atoms with Crippen LogP contribution in [0.15, 0.2) is 0 Å². The van der Waals surface area contributed by atoms with Gasteiger partial charge in [-0.05, 0) is 32.1 Å². The van der Waals surface area contributed by atoms with Gasteiger partial charge in [-0.15, -0.1) is 0 Å². The van der Waals surface area contributed by atoms with Crippen LogP contribution < -0.4 is 0 Å². The van der Waals surface area contributed by atoms with Gasteiger partial charge in [0, 0.05) is 0 Å². The molecule has 0 aromatic rings. The molecule has 3 atom stereocenters. The van der Waals surface area contributed by atoms with Crippen LogP contribution in [0.1, 0.15) is 129 Å². The third-order valence-corrected chi connectivity index (χ3v) is 6.04. The monoisotopic (exact) mass is 354 g/mol. The summed E-state index contributed by atoms with van der Waals surface area (Å²) >= 11 is 0. The number of hydrogen-bond donors (Lipinski definition) is 2. The largest absolute Gasteiger partial charge is 0.393 e. The molecule has 1 rings (SSSR count). The second-order valence-corrected chi connectivity index (χ2v) is 8.79. The fraction of sp³-hybridized carbons (Fsp3) is 1.00. The highest BCUT2D eigenvalue weighted by molar-refractivity contribution is 5.03. The third kappa shape index (κ3) is 12.0. The lowest BCUT2D eigenvalue weighted by molar-refractivity contribution is 0.0972. The Kier molecular flexibility index (Phi) is 12.9. The fourth-order valence-corrected chi connectivity index (χ4v) is 4.19. The van der Waals surface area contributed by atoms with E-state index in [0.29, 0.717) is 5.92 Å². The van der Waals surface area contributed by atoms with Crippen LogP contribution in [0.4, 0.5) is 0 Å². The van der Waals surface area contributed by atoms with E-state index < -0.39 is 5.60 Å². The molecule has 2 N–H and O–H groups in total. The van der Waals surface area contributed by atoms with Crippen molar-refractivity contribution in [1.29, 1.82) is 0 Å². The summed E-state index contributed by atoms with van der Waals surface area (Å²) in [5.41, 5.74) is -0.423. The summed E-state index contributed by atoms with van der Waals surface area (Å²) in [7, 11) is 0. The van der Waals surface area contributed by atoms with Crippen molar-refractivity contribution >= 4 is 0 Å². The first-order valence-electron chi connectivity index (χ1n) is 11.5. The van der Waals surface area contributed by atoms with E-state index in [1.807, 2.05) is 6.92 Å². The van der Waals surface area contributed by atoms with Crippen molar-refractivity contribution in [2.24, 2.45) is 5.92 Å². The third-order valence-electron chi connectivity index (χ3n) is 6.04. The Labute approximate surface area is 157 Å². The van der Waals surface area contributed by atoms with Crippen LogP contribution >= 0.6 is 0 Å². The summed E-state index contributed by atoms with van der Waals surface area (Å²) < 4.78 is 0. The smallest absolute Gasteiger partial charge is 0.0681 e. The minimum atomic E-state index is -0.423. The molecule has 0 heterocycles. The van der Waals surface area contributed by atoms with E-state index in [2.05, 4.69) is 6.92 Å². The first-order valence-corrected chi connectivity index (χ1v) is 11.5. The number of rotatable bonds is 18. The van der Waals surface area contributed by atoms with E-state index in [1.54, 1.807) is 0 Å². The van der Waals surface area contributed by atoms with Crippen molar-refractivity contribution in [2.45, 2.75) is 141 Å². The molecule has 0 saturated heterocycles. The molecule has 0 aromatic heterocycles. The highest BCUT2D eigenvalue weighted by Crippen LogP contribution is 2.49. The Morgan fingerprint density at radius 2 is 1.16 bits per heavy atom. The van der Waals surface area contributed by atoms with E-state index >= 15 is 0 Å². The maximum atomic E-state index is 10.3. The predicted molar refractivity (Wildman–Crippen MR) is 109 cm³/mol. The number of aliphatic hydroxyl groups excluding tert-OH is 1. The quantitative estimate of drug-likeness (QED) is 0.267. The van der Waals surface area contributed by atoms with Gasteiger partial charge in [-0.3, -0.25) is 0 Å². The van der Waals surface area contributed by atoms with E-state index in [9.17, 15) is 10.2 Å². The molecule has 0 spiro atoms. The lowest BCUT2D eigenvalue weighted by Gasteiger charge is -2.11. The SMILES string of the molecule is CCCCCCCCCCCCCCCCCC1(O)CC1CC(C)O. The van der Waals surface area contributed by atoms with Gasteiger partial charge in [0.2, 0.25) is 0 Å². The highest BCUT2D eigenvalue weighted by atomic mass is 16.3. The first-order chi connectivity index (χ1) is 12.1. The molecule has 2 heteroatoms. The Balaban J connectivity index is 1.74. The molecular weight excluding hydrogens is 308 g/mol. The Hall–Kier alpha value is -0.0800. The van der Waals surface area contributed by atoms with Crippen LogP contribution in [0, 0.1) is 5.92 Å². The molecule has 1 aliphatic rings. The standard InChI is InChI=1S/C23H46O2/c1-3-4-5-6-7-8-9-10-11-12-13-14-15-16-17-18-23(25)20-22(23)19-21(2)24/h21-22,24-25H,3-20H2,1-2H3. The van der Waals surface area contributed by atoms with E-state index in [0.717, 1.165) is 25.7 Å². The van der Waals surface area contributed by atoms with Gasteiger partial charge in [0.25, 0.3) is 0 Å². The van der Waals surface area contributed by atoms with Crippen molar-refractivity contribution in [3.63, 3.8) is 0 Å². The van der Waals surface area contributed by atoms with Crippen LogP contribution in [-0.2, 0) is 0 Å². The van der Waals surface area contributed by atoms with Gasteiger partial charge in [0.05, 0.1) is 11.7 Å².